The lowest BCUT2D eigenvalue weighted by Crippen LogP contribution is -2.24. The van der Waals surface area contributed by atoms with E-state index in [9.17, 15) is 9.59 Å². The van der Waals surface area contributed by atoms with Crippen LogP contribution in [0.25, 0.3) is 16.7 Å². The molecule has 0 aliphatic heterocycles. The Hall–Kier alpha value is -3.49. The molecule has 0 radical (unpaired) electrons. The lowest BCUT2D eigenvalue weighted by Gasteiger charge is -2.13. The van der Waals surface area contributed by atoms with Crippen LogP contribution in [0.3, 0.4) is 0 Å². The number of hydrogen-bond donors (Lipinski definition) is 0. The summed E-state index contributed by atoms with van der Waals surface area (Å²) in [6.45, 7) is 0.381. The molecular weight excluding hydrogens is 446 g/mol. The second-order valence-electron chi connectivity index (χ2n) is 7.10. The fourth-order valence-electron chi connectivity index (χ4n) is 3.39. The fourth-order valence-corrected chi connectivity index (χ4v) is 4.43. The van der Waals surface area contributed by atoms with Gasteiger partial charge in [-0.25, -0.2) is 15.0 Å². The van der Waals surface area contributed by atoms with E-state index in [4.69, 9.17) is 11.6 Å². The van der Waals surface area contributed by atoms with Gasteiger partial charge in [-0.2, -0.15) is 0 Å². The van der Waals surface area contributed by atoms with Gasteiger partial charge in [-0.3, -0.25) is 18.6 Å². The van der Waals surface area contributed by atoms with Gasteiger partial charge >= 0.3 is 0 Å². The molecule has 4 heterocycles. The third-order valence-electron chi connectivity index (χ3n) is 4.90. The third kappa shape index (κ3) is 4.02. The molecule has 0 aliphatic rings. The smallest absolute Gasteiger partial charge is 0.263 e. The molecule has 0 saturated heterocycles. The topological polar surface area (TPSA) is 82.2 Å². The second-order valence-corrected chi connectivity index (χ2v) is 8.47. The molecule has 32 heavy (non-hydrogen) atoms. The molecule has 0 fully saturated rings. The van der Waals surface area contributed by atoms with E-state index in [1.807, 2.05) is 30.3 Å². The van der Waals surface area contributed by atoms with Gasteiger partial charge in [0.05, 0.1) is 22.6 Å². The number of nitrogens with zero attached hydrogens (tertiary/aromatic N) is 5. The SMILES string of the molecule is O=c1c2cccnc2nc(SCc2cc(=O)n3cc(Cl)ccc3n2)n1Cc1ccccc1. The van der Waals surface area contributed by atoms with Gasteiger partial charge in [0.15, 0.2) is 10.8 Å². The lowest BCUT2D eigenvalue weighted by atomic mass is 10.2. The van der Waals surface area contributed by atoms with E-state index < -0.39 is 0 Å². The molecule has 0 amide bonds. The highest BCUT2D eigenvalue weighted by atomic mass is 35.5. The molecule has 4 aromatic heterocycles. The summed E-state index contributed by atoms with van der Waals surface area (Å²) in [5, 5.41) is 1.44. The Morgan fingerprint density at radius 3 is 2.66 bits per heavy atom. The van der Waals surface area contributed by atoms with Crippen molar-refractivity contribution in [3.63, 3.8) is 0 Å². The molecule has 9 heteroatoms. The Labute approximate surface area is 191 Å². The van der Waals surface area contributed by atoms with Crippen LogP contribution in [0, 0.1) is 0 Å². The van der Waals surface area contributed by atoms with E-state index in [1.165, 1.54) is 28.4 Å². The number of fused-ring (bicyclic) bond motifs is 2. The zero-order chi connectivity index (χ0) is 22.1. The average Bonchev–Trinajstić information content (AvgIpc) is 2.81. The number of pyridine rings is 2. The summed E-state index contributed by atoms with van der Waals surface area (Å²) in [5.74, 6) is 0.369. The Balaban J connectivity index is 1.54. The first-order valence-corrected chi connectivity index (χ1v) is 11.1. The molecule has 0 bridgehead atoms. The molecule has 0 saturated carbocycles. The minimum absolute atomic E-state index is 0.157. The largest absolute Gasteiger partial charge is 0.282 e. The van der Waals surface area contributed by atoms with Crippen molar-refractivity contribution in [3.05, 3.63) is 110 Å². The van der Waals surface area contributed by atoms with Gasteiger partial charge in [0.1, 0.15) is 5.65 Å². The quantitative estimate of drug-likeness (QED) is 0.292. The van der Waals surface area contributed by atoms with Crippen molar-refractivity contribution < 1.29 is 0 Å². The van der Waals surface area contributed by atoms with Gasteiger partial charge in [-0.05, 0) is 29.8 Å². The Kier molecular flexibility index (Phi) is 5.46. The Morgan fingerprint density at radius 1 is 0.969 bits per heavy atom. The molecule has 5 aromatic rings. The van der Waals surface area contributed by atoms with Gasteiger partial charge in [0, 0.05) is 24.2 Å². The van der Waals surface area contributed by atoms with Crippen molar-refractivity contribution in [2.24, 2.45) is 0 Å². The summed E-state index contributed by atoms with van der Waals surface area (Å²) in [7, 11) is 0. The first-order valence-electron chi connectivity index (χ1n) is 9.78. The van der Waals surface area contributed by atoms with Crippen LogP contribution in [-0.4, -0.2) is 23.9 Å². The number of halogens is 1. The molecule has 0 atom stereocenters. The summed E-state index contributed by atoms with van der Waals surface area (Å²) in [6, 6.07) is 18.0. The first kappa shape index (κ1) is 20.4. The van der Waals surface area contributed by atoms with Crippen molar-refractivity contribution in [1.82, 2.24) is 23.9 Å². The molecule has 0 N–H and O–H groups in total. The molecule has 7 nitrogen and oxygen atoms in total. The number of hydrogen-bond acceptors (Lipinski definition) is 6. The molecule has 0 spiro atoms. The summed E-state index contributed by atoms with van der Waals surface area (Å²) in [6.07, 6.45) is 3.15. The molecular formula is C23H16ClN5O2S. The van der Waals surface area contributed by atoms with E-state index in [1.54, 1.807) is 35.0 Å². The third-order valence-corrected chi connectivity index (χ3v) is 6.14. The predicted octanol–water partition coefficient (Wildman–Crippen LogP) is 3.79. The molecule has 1 aromatic carbocycles. The maximum atomic E-state index is 13.2. The second kappa shape index (κ2) is 8.57. The average molecular weight is 462 g/mol. The Bertz CT molecular complexity index is 1570. The van der Waals surface area contributed by atoms with Crippen LogP contribution >= 0.6 is 23.4 Å². The standard InChI is InChI=1S/C23H16ClN5O2S/c24-16-8-9-19-26-17(11-20(30)28(19)13-16)14-32-23-27-21-18(7-4-10-25-21)22(31)29(23)12-15-5-2-1-3-6-15/h1-11,13H,12,14H2. The van der Waals surface area contributed by atoms with E-state index >= 15 is 0 Å². The van der Waals surface area contributed by atoms with Crippen molar-refractivity contribution >= 4 is 40.0 Å². The van der Waals surface area contributed by atoms with Crippen molar-refractivity contribution in [3.8, 4) is 0 Å². The molecule has 5 rings (SSSR count). The van der Waals surface area contributed by atoms with Crippen LogP contribution in [-0.2, 0) is 12.3 Å². The fraction of sp³-hybridized carbons (Fsp3) is 0.0870. The van der Waals surface area contributed by atoms with Crippen LogP contribution < -0.4 is 11.1 Å². The maximum absolute atomic E-state index is 13.2. The number of aromatic nitrogens is 5. The van der Waals surface area contributed by atoms with E-state index in [-0.39, 0.29) is 11.1 Å². The van der Waals surface area contributed by atoms with Crippen LogP contribution in [0.2, 0.25) is 5.02 Å². The summed E-state index contributed by atoms with van der Waals surface area (Å²) < 4.78 is 3.04. The van der Waals surface area contributed by atoms with Crippen LogP contribution in [0.1, 0.15) is 11.3 Å². The van der Waals surface area contributed by atoms with E-state index in [2.05, 4.69) is 15.0 Å². The highest BCUT2D eigenvalue weighted by Crippen LogP contribution is 2.22. The monoisotopic (exact) mass is 461 g/mol. The van der Waals surface area contributed by atoms with Gasteiger partial charge in [-0.1, -0.05) is 53.7 Å². The molecule has 0 aliphatic carbocycles. The number of rotatable bonds is 5. The lowest BCUT2D eigenvalue weighted by molar-refractivity contribution is 0.656. The normalized spacial score (nSPS) is 11.3. The summed E-state index contributed by atoms with van der Waals surface area (Å²) in [5.41, 5.74) is 2.10. The van der Waals surface area contributed by atoms with Crippen LogP contribution in [0.4, 0.5) is 0 Å². The highest BCUT2D eigenvalue weighted by Gasteiger charge is 2.14. The van der Waals surface area contributed by atoms with Gasteiger partial charge < -0.3 is 0 Å². The van der Waals surface area contributed by atoms with Gasteiger partial charge in [-0.15, -0.1) is 0 Å². The first-order chi connectivity index (χ1) is 15.6. The maximum Gasteiger partial charge on any atom is 0.263 e. The highest BCUT2D eigenvalue weighted by molar-refractivity contribution is 7.98. The Morgan fingerprint density at radius 2 is 1.81 bits per heavy atom. The van der Waals surface area contributed by atoms with Crippen LogP contribution in [0.15, 0.2) is 87.8 Å². The van der Waals surface area contributed by atoms with Gasteiger partial charge in [0.2, 0.25) is 0 Å². The van der Waals surface area contributed by atoms with E-state index in [0.717, 1.165) is 5.56 Å². The zero-order valence-corrected chi connectivity index (χ0v) is 18.3. The summed E-state index contributed by atoms with van der Waals surface area (Å²) >= 11 is 7.32. The van der Waals surface area contributed by atoms with E-state index in [0.29, 0.717) is 44.9 Å². The number of thioether (sulfide) groups is 1. The minimum Gasteiger partial charge on any atom is -0.282 e. The molecule has 158 valence electrons. The number of benzene rings is 1. The van der Waals surface area contributed by atoms with Gasteiger partial charge in [0.25, 0.3) is 11.1 Å². The minimum atomic E-state index is -0.220. The molecule has 0 unspecified atom stereocenters. The predicted molar refractivity (Wildman–Crippen MR) is 125 cm³/mol. The van der Waals surface area contributed by atoms with Crippen molar-refractivity contribution in [2.45, 2.75) is 17.5 Å². The van der Waals surface area contributed by atoms with Crippen molar-refractivity contribution in [1.29, 1.82) is 0 Å². The summed E-state index contributed by atoms with van der Waals surface area (Å²) in [4.78, 5) is 39.1. The zero-order valence-electron chi connectivity index (χ0n) is 16.7. The van der Waals surface area contributed by atoms with Crippen molar-refractivity contribution in [2.75, 3.05) is 0 Å². The van der Waals surface area contributed by atoms with Crippen LogP contribution in [0.5, 0.6) is 0 Å².